The maximum Gasteiger partial charge on any atom is 0.330 e. The van der Waals surface area contributed by atoms with Gasteiger partial charge in [0.25, 0.3) is 0 Å². The lowest BCUT2D eigenvalue weighted by molar-refractivity contribution is -0.133. The SMILES string of the molecule is C=C(C)C(=O)O.CC(=CCCc1ccccc1)C(=O)O.CCOCCC=C(C)C(=O)O. The smallest absolute Gasteiger partial charge is 0.330 e. The van der Waals surface area contributed by atoms with Gasteiger partial charge in [0, 0.05) is 23.3 Å². The van der Waals surface area contributed by atoms with Crippen molar-refractivity contribution in [3.63, 3.8) is 0 Å². The fourth-order valence-corrected chi connectivity index (χ4v) is 1.78. The van der Waals surface area contributed by atoms with Crippen molar-refractivity contribution in [1.82, 2.24) is 0 Å². The summed E-state index contributed by atoms with van der Waals surface area (Å²) in [6, 6.07) is 10.0. The predicted molar refractivity (Wildman–Crippen MR) is 121 cm³/mol. The van der Waals surface area contributed by atoms with Crippen LogP contribution in [0.2, 0.25) is 0 Å². The van der Waals surface area contributed by atoms with Gasteiger partial charge in [0.05, 0.1) is 6.61 Å². The van der Waals surface area contributed by atoms with Gasteiger partial charge in [-0.2, -0.15) is 0 Å². The summed E-state index contributed by atoms with van der Waals surface area (Å²) in [5.74, 6) is -2.63. The highest BCUT2D eigenvalue weighted by Crippen LogP contribution is 2.04. The van der Waals surface area contributed by atoms with E-state index in [9.17, 15) is 14.4 Å². The zero-order valence-corrected chi connectivity index (χ0v) is 18.8. The second-order valence-corrected chi connectivity index (χ2v) is 6.48. The van der Waals surface area contributed by atoms with Crippen LogP contribution in [0.3, 0.4) is 0 Å². The molecule has 1 rings (SSSR count). The van der Waals surface area contributed by atoms with E-state index in [0.29, 0.717) is 30.8 Å². The zero-order valence-electron chi connectivity index (χ0n) is 18.8. The van der Waals surface area contributed by atoms with Crippen LogP contribution in [0.15, 0.2) is 65.8 Å². The van der Waals surface area contributed by atoms with Crippen LogP contribution in [0.5, 0.6) is 0 Å². The van der Waals surface area contributed by atoms with Crippen molar-refractivity contribution in [3.05, 3.63) is 71.3 Å². The molecule has 0 bridgehead atoms. The molecule has 0 aliphatic heterocycles. The Morgan fingerprint density at radius 1 is 0.871 bits per heavy atom. The van der Waals surface area contributed by atoms with E-state index in [0.717, 1.165) is 12.8 Å². The molecule has 0 aromatic heterocycles. The quantitative estimate of drug-likeness (QED) is 0.359. The maximum absolute atomic E-state index is 10.5. The number of hydrogen-bond donors (Lipinski definition) is 3. The van der Waals surface area contributed by atoms with Crippen molar-refractivity contribution < 1.29 is 34.4 Å². The van der Waals surface area contributed by atoms with Gasteiger partial charge in [0.15, 0.2) is 0 Å². The Bertz CT molecular complexity index is 734. The topological polar surface area (TPSA) is 121 Å². The van der Waals surface area contributed by atoms with Gasteiger partial charge in [-0.25, -0.2) is 14.4 Å². The van der Waals surface area contributed by atoms with E-state index >= 15 is 0 Å². The Morgan fingerprint density at radius 2 is 1.32 bits per heavy atom. The second kappa shape index (κ2) is 18.8. The van der Waals surface area contributed by atoms with Crippen LogP contribution in [-0.2, 0) is 25.5 Å². The number of allylic oxidation sites excluding steroid dienone is 1. The number of aryl methyl sites for hydroxylation is 1. The summed E-state index contributed by atoms with van der Waals surface area (Å²) in [6.07, 6.45) is 5.77. The average Bonchev–Trinajstić information content (AvgIpc) is 2.72. The summed E-state index contributed by atoms with van der Waals surface area (Å²) in [7, 11) is 0. The van der Waals surface area contributed by atoms with Crippen LogP contribution in [0.25, 0.3) is 0 Å². The van der Waals surface area contributed by atoms with Gasteiger partial charge in [-0.15, -0.1) is 0 Å². The van der Waals surface area contributed by atoms with Crippen LogP contribution in [0.4, 0.5) is 0 Å². The van der Waals surface area contributed by atoms with Gasteiger partial charge in [-0.05, 0) is 52.5 Å². The molecule has 172 valence electrons. The summed E-state index contributed by atoms with van der Waals surface area (Å²) in [5, 5.41) is 24.9. The van der Waals surface area contributed by atoms with Crippen LogP contribution in [0, 0.1) is 0 Å². The minimum Gasteiger partial charge on any atom is -0.478 e. The number of carboxylic acids is 3. The molecule has 0 saturated carbocycles. The molecule has 0 saturated heterocycles. The Hall–Kier alpha value is -3.19. The van der Waals surface area contributed by atoms with Crippen LogP contribution >= 0.6 is 0 Å². The Balaban J connectivity index is 0. The van der Waals surface area contributed by atoms with Crippen LogP contribution < -0.4 is 0 Å². The summed E-state index contributed by atoms with van der Waals surface area (Å²) >= 11 is 0. The lowest BCUT2D eigenvalue weighted by Gasteiger charge is -1.97. The molecule has 0 atom stereocenters. The summed E-state index contributed by atoms with van der Waals surface area (Å²) in [4.78, 5) is 30.3. The van der Waals surface area contributed by atoms with Gasteiger partial charge in [0.1, 0.15) is 0 Å². The predicted octanol–water partition coefficient (Wildman–Crippen LogP) is 4.74. The number of aliphatic carboxylic acids is 3. The molecule has 0 heterocycles. The first-order valence-electron chi connectivity index (χ1n) is 9.83. The summed E-state index contributed by atoms with van der Waals surface area (Å²) < 4.78 is 5.03. The first-order chi connectivity index (χ1) is 14.5. The fraction of sp³-hybridized carbons (Fsp3) is 0.375. The third-order valence-electron chi connectivity index (χ3n) is 3.68. The number of benzene rings is 1. The van der Waals surface area contributed by atoms with Gasteiger partial charge in [0.2, 0.25) is 0 Å². The van der Waals surface area contributed by atoms with Crippen molar-refractivity contribution in [2.45, 2.75) is 47.0 Å². The third kappa shape index (κ3) is 19.9. The fourth-order valence-electron chi connectivity index (χ4n) is 1.78. The highest BCUT2D eigenvalue weighted by Gasteiger charge is 1.98. The highest BCUT2D eigenvalue weighted by molar-refractivity contribution is 5.86. The molecule has 1 aromatic rings. The molecule has 0 aliphatic rings. The van der Waals surface area contributed by atoms with Gasteiger partial charge < -0.3 is 20.1 Å². The molecular formula is C24H34O7. The van der Waals surface area contributed by atoms with Crippen LogP contribution in [0.1, 0.15) is 46.1 Å². The Labute approximate surface area is 184 Å². The number of ether oxygens (including phenoxy) is 1. The first kappa shape index (κ1) is 30.0. The van der Waals surface area contributed by atoms with E-state index in [1.807, 2.05) is 37.3 Å². The molecule has 0 aliphatic carbocycles. The second-order valence-electron chi connectivity index (χ2n) is 6.48. The van der Waals surface area contributed by atoms with Crippen molar-refractivity contribution in [3.8, 4) is 0 Å². The molecule has 3 N–H and O–H groups in total. The molecule has 31 heavy (non-hydrogen) atoms. The van der Waals surface area contributed by atoms with E-state index in [1.165, 1.54) is 12.5 Å². The monoisotopic (exact) mass is 434 g/mol. The van der Waals surface area contributed by atoms with Crippen molar-refractivity contribution >= 4 is 17.9 Å². The van der Waals surface area contributed by atoms with E-state index in [4.69, 9.17) is 20.1 Å². The minimum absolute atomic E-state index is 0.176. The first-order valence-corrected chi connectivity index (χ1v) is 9.83. The van der Waals surface area contributed by atoms with Gasteiger partial charge in [-0.3, -0.25) is 0 Å². The Morgan fingerprint density at radius 3 is 1.71 bits per heavy atom. The largest absolute Gasteiger partial charge is 0.478 e. The molecule has 0 unspecified atom stereocenters. The van der Waals surface area contributed by atoms with E-state index in [1.54, 1.807) is 26.0 Å². The molecule has 7 heteroatoms. The van der Waals surface area contributed by atoms with E-state index in [2.05, 4.69) is 6.58 Å². The maximum atomic E-state index is 10.5. The van der Waals surface area contributed by atoms with Crippen molar-refractivity contribution in [2.24, 2.45) is 0 Å². The third-order valence-corrected chi connectivity index (χ3v) is 3.68. The lowest BCUT2D eigenvalue weighted by Crippen LogP contribution is -1.97. The molecule has 7 nitrogen and oxygen atoms in total. The normalized spacial score (nSPS) is 10.7. The number of hydrogen-bond acceptors (Lipinski definition) is 4. The Kier molecular flexibility index (Phi) is 18.2. The molecule has 0 radical (unpaired) electrons. The summed E-state index contributed by atoms with van der Waals surface area (Å²) in [6.45, 7) is 11.0. The lowest BCUT2D eigenvalue weighted by atomic mass is 10.1. The number of carboxylic acid groups (broad SMARTS) is 3. The minimum atomic E-state index is -0.935. The van der Waals surface area contributed by atoms with E-state index in [-0.39, 0.29) is 5.57 Å². The van der Waals surface area contributed by atoms with Crippen LogP contribution in [-0.4, -0.2) is 46.4 Å². The summed E-state index contributed by atoms with van der Waals surface area (Å²) in [5.41, 5.74) is 2.21. The average molecular weight is 435 g/mol. The molecule has 0 spiro atoms. The van der Waals surface area contributed by atoms with Crippen molar-refractivity contribution in [2.75, 3.05) is 13.2 Å². The molecular weight excluding hydrogens is 400 g/mol. The molecule has 0 fully saturated rings. The standard InChI is InChI=1S/C12H14O2.C8H14O3.C4H6O2/c1-10(12(13)14)6-5-9-11-7-3-2-4-8-11;1-3-11-6-4-5-7(2)8(9)10;1-3(2)4(5)6/h2-4,6-8H,5,9H2,1H3,(H,13,14);5H,3-4,6H2,1-2H3,(H,9,10);1H2,2H3,(H,5,6). The molecule has 0 amide bonds. The number of carbonyl (C=O) groups is 3. The molecule has 1 aromatic carbocycles. The van der Waals surface area contributed by atoms with Gasteiger partial charge in [-0.1, -0.05) is 49.1 Å². The van der Waals surface area contributed by atoms with E-state index < -0.39 is 17.9 Å². The van der Waals surface area contributed by atoms with Crippen molar-refractivity contribution in [1.29, 1.82) is 0 Å². The number of rotatable bonds is 10. The zero-order chi connectivity index (χ0) is 24.2. The highest BCUT2D eigenvalue weighted by atomic mass is 16.5. The van der Waals surface area contributed by atoms with Gasteiger partial charge >= 0.3 is 17.9 Å².